The number of hydrogen-bond donors (Lipinski definition) is 2. The van der Waals surface area contributed by atoms with Crippen molar-refractivity contribution in [2.75, 3.05) is 5.75 Å². The first-order chi connectivity index (χ1) is 17.9. The Balaban J connectivity index is 0.00000400. The van der Waals surface area contributed by atoms with Crippen LogP contribution in [0.15, 0.2) is 78.9 Å². The van der Waals surface area contributed by atoms with Crippen molar-refractivity contribution in [2.45, 2.75) is 24.5 Å². The normalized spacial score (nSPS) is 11.5. The third kappa shape index (κ3) is 10.1. The fraction of sp³-hybridized carbons (Fsp3) is 0.167. The largest absolute Gasteiger partial charge is 1.00 e. The molecule has 1 aromatic heterocycles. The van der Waals surface area contributed by atoms with Crippen molar-refractivity contribution < 1.29 is 81.8 Å². The molecule has 0 radical (unpaired) electrons. The molecule has 3 aromatic carbocycles. The van der Waals surface area contributed by atoms with E-state index >= 15 is 0 Å². The molecule has 5 nitrogen and oxygen atoms in total. The number of aryl methyl sites for hydroxylation is 1. The van der Waals surface area contributed by atoms with Crippen molar-refractivity contribution in [3.8, 4) is 0 Å². The number of carbonyl (C=O) groups is 2. The van der Waals surface area contributed by atoms with Crippen molar-refractivity contribution in [1.29, 1.82) is 0 Å². The number of nitrogens with zero attached hydrogens (tertiary/aromatic N) is 1. The van der Waals surface area contributed by atoms with Crippen LogP contribution in [-0.2, 0) is 11.2 Å². The van der Waals surface area contributed by atoms with Gasteiger partial charge in [0, 0.05) is 21.4 Å². The Labute approximate surface area is 284 Å². The van der Waals surface area contributed by atoms with Gasteiger partial charge in [0.2, 0.25) is 0 Å². The summed E-state index contributed by atoms with van der Waals surface area (Å²) in [5, 5.41) is 20.3. The molecule has 9 heteroatoms. The van der Waals surface area contributed by atoms with Crippen molar-refractivity contribution in [1.82, 2.24) is 4.98 Å². The van der Waals surface area contributed by atoms with Crippen LogP contribution in [0.1, 0.15) is 53.7 Å². The van der Waals surface area contributed by atoms with E-state index in [2.05, 4.69) is 11.1 Å². The van der Waals surface area contributed by atoms with Gasteiger partial charge in [0.05, 0.1) is 23.2 Å². The molecule has 0 spiro atoms. The summed E-state index contributed by atoms with van der Waals surface area (Å²) in [6.45, 7) is 0. The zero-order valence-corrected chi connectivity index (χ0v) is 27.6. The van der Waals surface area contributed by atoms with Crippen LogP contribution in [-0.4, -0.2) is 32.9 Å². The molecule has 0 amide bonds. The number of halogens is 1. The summed E-state index contributed by atoms with van der Waals surface area (Å²) in [4.78, 5) is 27.4. The van der Waals surface area contributed by atoms with E-state index in [0.717, 1.165) is 33.3 Å². The predicted octanol–water partition coefficient (Wildman–Crippen LogP) is 1.87. The summed E-state index contributed by atoms with van der Waals surface area (Å²) in [5.41, 5.74) is 4.80. The molecule has 4 aromatic rings. The van der Waals surface area contributed by atoms with Gasteiger partial charge in [0.25, 0.3) is 0 Å². The molecule has 0 aliphatic rings. The summed E-state index contributed by atoms with van der Waals surface area (Å²) >= 11 is 7.70. The first-order valence-corrected chi connectivity index (χ1v) is 13.3. The molecular formula is C30H28ClNNa2O4S. The SMILES string of the molecule is O=C(O)CCSC(CCc1ccccc1C(=O)O)c1cccc(C=Cc2ccc3ccc(Cl)cc3n2)c1.[H-].[H-].[Na+].[Na+]. The number of thioether (sulfide) groups is 1. The number of aromatic nitrogens is 1. The van der Waals surface area contributed by atoms with Crippen LogP contribution < -0.4 is 59.1 Å². The Hall–Kier alpha value is -1.61. The van der Waals surface area contributed by atoms with Crippen LogP contribution in [0, 0.1) is 0 Å². The quantitative estimate of drug-likeness (QED) is 0.264. The minimum Gasteiger partial charge on any atom is -1.00 e. The van der Waals surface area contributed by atoms with Gasteiger partial charge in [-0.25, -0.2) is 9.78 Å². The molecule has 0 aliphatic carbocycles. The van der Waals surface area contributed by atoms with Crippen LogP contribution in [0.25, 0.3) is 23.1 Å². The molecule has 1 atom stereocenters. The number of carboxylic acid groups (broad SMARTS) is 2. The van der Waals surface area contributed by atoms with E-state index in [1.807, 2.05) is 72.8 Å². The Morgan fingerprint density at radius 1 is 0.949 bits per heavy atom. The first-order valence-electron chi connectivity index (χ1n) is 11.9. The second-order valence-electron chi connectivity index (χ2n) is 8.58. The standard InChI is InChI=1S/C30H26ClNO4S.2Na.2H/c31-24-12-9-22-10-14-25(32-27(22)19-24)13-8-20-4-3-6-23(18-20)28(37-17-16-29(33)34)15-11-21-5-1-2-7-26(21)30(35)36;;;;/h1-10,12-14,18-19,28H,11,15-17H2,(H,33,34)(H,35,36);;;;/q;2*+1;2*-1. The number of aliphatic carboxylic acids is 1. The maximum atomic E-state index is 11.6. The number of aromatic carboxylic acids is 1. The zero-order valence-electron chi connectivity index (χ0n) is 24.0. The minimum absolute atomic E-state index is 0. The van der Waals surface area contributed by atoms with Gasteiger partial charge in [-0.15, -0.1) is 0 Å². The number of hydrogen-bond acceptors (Lipinski definition) is 4. The summed E-state index contributed by atoms with van der Waals surface area (Å²) in [6.07, 6.45) is 5.30. The molecule has 1 heterocycles. The van der Waals surface area contributed by atoms with E-state index < -0.39 is 11.9 Å². The molecule has 1 unspecified atom stereocenters. The number of rotatable bonds is 11. The molecular weight excluding hydrogens is 552 g/mol. The van der Waals surface area contributed by atoms with Crippen LogP contribution in [0.5, 0.6) is 0 Å². The second-order valence-corrected chi connectivity index (χ2v) is 10.3. The Morgan fingerprint density at radius 2 is 1.72 bits per heavy atom. The van der Waals surface area contributed by atoms with E-state index in [4.69, 9.17) is 16.7 Å². The van der Waals surface area contributed by atoms with E-state index in [-0.39, 0.29) is 73.6 Å². The average Bonchev–Trinajstić information content (AvgIpc) is 2.89. The average molecular weight is 580 g/mol. The molecule has 2 N–H and O–H groups in total. The van der Waals surface area contributed by atoms with Crippen molar-refractivity contribution in [2.24, 2.45) is 0 Å². The summed E-state index contributed by atoms with van der Waals surface area (Å²) in [6, 6.07) is 24.7. The Bertz CT molecular complexity index is 1480. The molecule has 0 saturated heterocycles. The van der Waals surface area contributed by atoms with Gasteiger partial charge in [-0.05, 0) is 59.9 Å². The summed E-state index contributed by atoms with van der Waals surface area (Å²) in [5.74, 6) is -1.30. The van der Waals surface area contributed by atoms with Crippen molar-refractivity contribution in [3.05, 3.63) is 112 Å². The number of carboxylic acids is 2. The maximum absolute atomic E-state index is 11.6. The van der Waals surface area contributed by atoms with E-state index in [9.17, 15) is 14.7 Å². The minimum atomic E-state index is -0.942. The number of benzene rings is 3. The van der Waals surface area contributed by atoms with Gasteiger partial charge in [0.15, 0.2) is 0 Å². The van der Waals surface area contributed by atoms with Crippen LogP contribution >= 0.6 is 23.4 Å². The van der Waals surface area contributed by atoms with Gasteiger partial charge < -0.3 is 13.1 Å². The molecule has 4 rings (SSSR count). The molecule has 192 valence electrons. The molecule has 0 bridgehead atoms. The second kappa shape index (κ2) is 16.6. The van der Waals surface area contributed by atoms with Gasteiger partial charge in [-0.2, -0.15) is 11.8 Å². The van der Waals surface area contributed by atoms with E-state index in [0.29, 0.717) is 29.2 Å². The predicted molar refractivity (Wildman–Crippen MR) is 154 cm³/mol. The van der Waals surface area contributed by atoms with Gasteiger partial charge in [-0.1, -0.05) is 72.3 Å². The zero-order chi connectivity index (χ0) is 26.2. The summed E-state index contributed by atoms with van der Waals surface area (Å²) < 4.78 is 0. The van der Waals surface area contributed by atoms with Crippen molar-refractivity contribution >= 4 is 58.4 Å². The Kier molecular flexibility index (Phi) is 14.3. The maximum Gasteiger partial charge on any atom is 1.00 e. The van der Waals surface area contributed by atoms with Gasteiger partial charge >= 0.3 is 71.1 Å². The van der Waals surface area contributed by atoms with Crippen LogP contribution in [0.4, 0.5) is 0 Å². The Morgan fingerprint density at radius 3 is 2.49 bits per heavy atom. The third-order valence-corrected chi connectivity index (χ3v) is 7.55. The molecule has 0 saturated carbocycles. The fourth-order valence-electron chi connectivity index (χ4n) is 4.11. The summed E-state index contributed by atoms with van der Waals surface area (Å²) in [7, 11) is 0. The molecule has 0 aliphatic heterocycles. The topological polar surface area (TPSA) is 87.5 Å². The smallest absolute Gasteiger partial charge is 1.00 e. The van der Waals surface area contributed by atoms with Crippen LogP contribution in [0.2, 0.25) is 5.02 Å². The first kappa shape index (κ1) is 33.6. The fourth-order valence-corrected chi connectivity index (χ4v) is 5.48. The van der Waals surface area contributed by atoms with Gasteiger partial charge in [0.1, 0.15) is 0 Å². The van der Waals surface area contributed by atoms with Gasteiger partial charge in [-0.3, -0.25) is 4.79 Å². The molecule has 0 fully saturated rings. The van der Waals surface area contributed by atoms with Crippen molar-refractivity contribution in [3.63, 3.8) is 0 Å². The van der Waals surface area contributed by atoms with E-state index in [1.54, 1.807) is 23.9 Å². The third-order valence-electron chi connectivity index (χ3n) is 5.96. The van der Waals surface area contributed by atoms with E-state index in [1.165, 1.54) is 0 Å². The number of fused-ring (bicyclic) bond motifs is 1. The monoisotopic (exact) mass is 579 g/mol. The van der Waals surface area contributed by atoms with Crippen LogP contribution in [0.3, 0.4) is 0 Å². The number of pyridine rings is 1. The molecule has 39 heavy (non-hydrogen) atoms.